The summed E-state index contributed by atoms with van der Waals surface area (Å²) < 4.78 is 0. The first kappa shape index (κ1) is 9.20. The van der Waals surface area contributed by atoms with E-state index in [1.807, 2.05) is 6.20 Å². The summed E-state index contributed by atoms with van der Waals surface area (Å²) in [6, 6.07) is 4.31. The molecule has 2 aromatic rings. The number of aryl methyl sites for hydroxylation is 4. The maximum atomic E-state index is 4.50. The number of aromatic nitrogens is 1. The molecule has 0 atom stereocenters. The maximum absolute atomic E-state index is 4.50. The van der Waals surface area contributed by atoms with Crippen LogP contribution in [0.15, 0.2) is 18.3 Å². The van der Waals surface area contributed by atoms with Crippen molar-refractivity contribution in [2.75, 3.05) is 0 Å². The number of pyridine rings is 1. The van der Waals surface area contributed by atoms with Crippen LogP contribution in [0.2, 0.25) is 0 Å². The van der Waals surface area contributed by atoms with Crippen LogP contribution in [-0.2, 0) is 0 Å². The third-order valence-corrected chi connectivity index (χ3v) is 2.94. The molecule has 1 aromatic carbocycles. The lowest BCUT2D eigenvalue weighted by Gasteiger charge is -2.09. The fourth-order valence-electron chi connectivity index (χ4n) is 1.89. The van der Waals surface area contributed by atoms with Crippen LogP contribution in [0.3, 0.4) is 0 Å². The van der Waals surface area contributed by atoms with Crippen molar-refractivity contribution in [3.05, 3.63) is 40.6 Å². The summed E-state index contributed by atoms with van der Waals surface area (Å²) in [5, 5.41) is 1.32. The van der Waals surface area contributed by atoms with Crippen molar-refractivity contribution in [2.24, 2.45) is 0 Å². The Balaban J connectivity index is 3.01. The van der Waals surface area contributed by atoms with E-state index in [4.69, 9.17) is 0 Å². The lowest BCUT2D eigenvalue weighted by Crippen LogP contribution is -1.92. The molecule has 72 valence electrons. The van der Waals surface area contributed by atoms with Crippen LogP contribution in [-0.4, -0.2) is 4.98 Å². The van der Waals surface area contributed by atoms with Crippen molar-refractivity contribution in [3.8, 4) is 0 Å². The Labute approximate surface area is 84.8 Å². The van der Waals surface area contributed by atoms with Gasteiger partial charge < -0.3 is 0 Å². The Kier molecular flexibility index (Phi) is 2.03. The van der Waals surface area contributed by atoms with Crippen LogP contribution >= 0.6 is 0 Å². The standard InChI is InChI=1S/C13H15N/c1-8-5-6-9(2)13-12(8)11(4)10(3)7-14-13/h5-7H,1-4H3. The fraction of sp³-hybridized carbons (Fsp3) is 0.308. The highest BCUT2D eigenvalue weighted by atomic mass is 14.7. The molecule has 2 rings (SSSR count). The Morgan fingerprint density at radius 3 is 2.21 bits per heavy atom. The van der Waals surface area contributed by atoms with Crippen molar-refractivity contribution >= 4 is 10.9 Å². The van der Waals surface area contributed by atoms with Crippen molar-refractivity contribution < 1.29 is 0 Å². The number of fused-ring (bicyclic) bond motifs is 1. The number of hydrogen-bond donors (Lipinski definition) is 0. The van der Waals surface area contributed by atoms with E-state index in [1.165, 1.54) is 27.6 Å². The van der Waals surface area contributed by atoms with E-state index in [9.17, 15) is 0 Å². The molecule has 1 heteroatoms. The molecule has 0 amide bonds. The average molecular weight is 185 g/mol. The molecule has 0 aliphatic carbocycles. The molecule has 0 N–H and O–H groups in total. The van der Waals surface area contributed by atoms with Crippen LogP contribution in [0, 0.1) is 27.7 Å². The molecule has 1 nitrogen and oxygen atoms in total. The lowest BCUT2D eigenvalue weighted by molar-refractivity contribution is 1.25. The Morgan fingerprint density at radius 1 is 0.857 bits per heavy atom. The molecule has 0 aliphatic heterocycles. The van der Waals surface area contributed by atoms with E-state index >= 15 is 0 Å². The van der Waals surface area contributed by atoms with Crippen molar-refractivity contribution in [2.45, 2.75) is 27.7 Å². The molecule has 0 saturated heterocycles. The third kappa shape index (κ3) is 1.20. The van der Waals surface area contributed by atoms with Crippen molar-refractivity contribution in [3.63, 3.8) is 0 Å². The van der Waals surface area contributed by atoms with Gasteiger partial charge in [0.05, 0.1) is 5.52 Å². The summed E-state index contributed by atoms with van der Waals surface area (Å²) >= 11 is 0. The summed E-state index contributed by atoms with van der Waals surface area (Å²) in [5.41, 5.74) is 6.35. The van der Waals surface area contributed by atoms with Gasteiger partial charge in [0.2, 0.25) is 0 Å². The molecular formula is C13H15N. The molecule has 14 heavy (non-hydrogen) atoms. The molecule has 0 spiro atoms. The van der Waals surface area contributed by atoms with Crippen LogP contribution in [0.25, 0.3) is 10.9 Å². The second-order valence-electron chi connectivity index (χ2n) is 3.99. The van der Waals surface area contributed by atoms with Crippen LogP contribution < -0.4 is 0 Å². The van der Waals surface area contributed by atoms with Gasteiger partial charge >= 0.3 is 0 Å². The minimum absolute atomic E-state index is 1.15. The second kappa shape index (κ2) is 3.09. The van der Waals surface area contributed by atoms with Gasteiger partial charge in [-0.05, 0) is 49.9 Å². The van der Waals surface area contributed by atoms with Crippen molar-refractivity contribution in [1.82, 2.24) is 4.98 Å². The third-order valence-electron chi connectivity index (χ3n) is 2.94. The predicted molar refractivity (Wildman–Crippen MR) is 60.7 cm³/mol. The minimum atomic E-state index is 1.15. The topological polar surface area (TPSA) is 12.9 Å². The molecule has 0 aliphatic rings. The van der Waals surface area contributed by atoms with E-state index in [0.717, 1.165) is 5.52 Å². The molecular weight excluding hydrogens is 170 g/mol. The highest BCUT2D eigenvalue weighted by Gasteiger charge is 2.06. The predicted octanol–water partition coefficient (Wildman–Crippen LogP) is 3.47. The summed E-state index contributed by atoms with van der Waals surface area (Å²) in [6.45, 7) is 8.55. The van der Waals surface area contributed by atoms with Gasteiger partial charge in [-0.25, -0.2) is 0 Å². The van der Waals surface area contributed by atoms with Gasteiger partial charge in [0.15, 0.2) is 0 Å². The fourth-order valence-corrected chi connectivity index (χ4v) is 1.89. The molecule has 1 heterocycles. The molecule has 0 unspecified atom stereocenters. The van der Waals surface area contributed by atoms with Crippen LogP contribution in [0.1, 0.15) is 22.3 Å². The van der Waals surface area contributed by atoms with Gasteiger partial charge in [-0.1, -0.05) is 12.1 Å². The smallest absolute Gasteiger partial charge is 0.0736 e. The average Bonchev–Trinajstić information content (AvgIpc) is 2.16. The van der Waals surface area contributed by atoms with Gasteiger partial charge in [-0.3, -0.25) is 4.98 Å². The van der Waals surface area contributed by atoms with Crippen molar-refractivity contribution in [1.29, 1.82) is 0 Å². The Bertz CT molecular complexity index is 498. The molecule has 0 saturated carbocycles. The van der Waals surface area contributed by atoms with E-state index in [2.05, 4.69) is 44.8 Å². The quantitative estimate of drug-likeness (QED) is 0.612. The maximum Gasteiger partial charge on any atom is 0.0736 e. The summed E-state index contributed by atoms with van der Waals surface area (Å²) in [6.07, 6.45) is 1.96. The number of benzene rings is 1. The summed E-state index contributed by atoms with van der Waals surface area (Å²) in [5.74, 6) is 0. The van der Waals surface area contributed by atoms with Gasteiger partial charge in [0, 0.05) is 11.6 Å². The largest absolute Gasteiger partial charge is 0.256 e. The number of rotatable bonds is 0. The zero-order valence-electron chi connectivity index (χ0n) is 9.18. The first-order chi connectivity index (χ1) is 6.61. The molecule has 0 fully saturated rings. The normalized spacial score (nSPS) is 10.9. The highest BCUT2D eigenvalue weighted by Crippen LogP contribution is 2.25. The summed E-state index contributed by atoms with van der Waals surface area (Å²) in [4.78, 5) is 4.50. The highest BCUT2D eigenvalue weighted by molar-refractivity contribution is 5.88. The first-order valence-electron chi connectivity index (χ1n) is 4.93. The molecule has 1 aromatic heterocycles. The van der Waals surface area contributed by atoms with E-state index < -0.39 is 0 Å². The first-order valence-corrected chi connectivity index (χ1v) is 4.93. The van der Waals surface area contributed by atoms with E-state index in [0.29, 0.717) is 0 Å². The van der Waals surface area contributed by atoms with E-state index in [1.54, 1.807) is 0 Å². The van der Waals surface area contributed by atoms with Crippen LogP contribution in [0.4, 0.5) is 0 Å². The Hall–Kier alpha value is -1.37. The monoisotopic (exact) mass is 185 g/mol. The van der Waals surface area contributed by atoms with Gasteiger partial charge in [0.25, 0.3) is 0 Å². The number of hydrogen-bond acceptors (Lipinski definition) is 1. The zero-order chi connectivity index (χ0) is 10.3. The Morgan fingerprint density at radius 2 is 1.50 bits per heavy atom. The molecule has 0 radical (unpaired) electrons. The van der Waals surface area contributed by atoms with E-state index in [-0.39, 0.29) is 0 Å². The van der Waals surface area contributed by atoms with Gasteiger partial charge in [-0.15, -0.1) is 0 Å². The van der Waals surface area contributed by atoms with Gasteiger partial charge in [-0.2, -0.15) is 0 Å². The summed E-state index contributed by atoms with van der Waals surface area (Å²) in [7, 11) is 0. The number of nitrogens with zero attached hydrogens (tertiary/aromatic N) is 1. The zero-order valence-corrected chi connectivity index (χ0v) is 9.18. The second-order valence-corrected chi connectivity index (χ2v) is 3.99. The SMILES string of the molecule is Cc1cnc2c(C)ccc(C)c2c1C. The minimum Gasteiger partial charge on any atom is -0.256 e. The van der Waals surface area contributed by atoms with Crippen LogP contribution in [0.5, 0.6) is 0 Å². The van der Waals surface area contributed by atoms with Gasteiger partial charge in [0.1, 0.15) is 0 Å². The molecule has 0 bridgehead atoms. The lowest BCUT2D eigenvalue weighted by atomic mass is 9.99.